The Labute approximate surface area is 171 Å². The third-order valence-electron chi connectivity index (χ3n) is 5.06. The van der Waals surface area contributed by atoms with E-state index in [9.17, 15) is 0 Å². The van der Waals surface area contributed by atoms with Crippen LogP contribution in [-0.4, -0.2) is 24.5 Å². The van der Waals surface area contributed by atoms with Crippen LogP contribution in [0.2, 0.25) is 5.02 Å². The third-order valence-corrected chi connectivity index (χ3v) is 5.28. The fourth-order valence-electron chi connectivity index (χ4n) is 3.63. The van der Waals surface area contributed by atoms with Gasteiger partial charge in [-0.05, 0) is 29.3 Å². The first-order chi connectivity index (χ1) is 14.1. The van der Waals surface area contributed by atoms with Crippen molar-refractivity contribution in [2.75, 3.05) is 5.73 Å². The quantitative estimate of drug-likeness (QED) is 0.424. The molecular formula is C21H18ClN7. The van der Waals surface area contributed by atoms with E-state index in [1.54, 1.807) is 6.33 Å². The molecule has 5 rings (SSSR count). The average molecular weight is 404 g/mol. The SMILES string of the molecule is Nc1ncnc2c1ncn2Cc1cc(Cl)cc2cc(C(N)c3ccccc3)[nH]c12. The summed E-state index contributed by atoms with van der Waals surface area (Å²) >= 11 is 6.40. The maximum absolute atomic E-state index is 6.49. The lowest BCUT2D eigenvalue weighted by molar-refractivity contribution is 0.813. The number of nitrogens with one attached hydrogen (secondary N) is 1. The first-order valence-electron chi connectivity index (χ1n) is 9.13. The number of aromatic amines is 1. The molecule has 0 fully saturated rings. The van der Waals surface area contributed by atoms with E-state index in [0.717, 1.165) is 27.7 Å². The Hall–Kier alpha value is -3.42. The Morgan fingerprint density at radius 1 is 1.07 bits per heavy atom. The Kier molecular flexibility index (Phi) is 4.19. The number of aromatic nitrogens is 5. The van der Waals surface area contributed by atoms with E-state index >= 15 is 0 Å². The summed E-state index contributed by atoms with van der Waals surface area (Å²) in [6, 6.07) is 15.7. The molecule has 0 saturated carbocycles. The van der Waals surface area contributed by atoms with E-state index in [1.165, 1.54) is 6.33 Å². The van der Waals surface area contributed by atoms with Gasteiger partial charge in [0.1, 0.15) is 11.8 Å². The number of nitrogens with two attached hydrogens (primary N) is 2. The number of anilines is 1. The van der Waals surface area contributed by atoms with E-state index in [0.29, 0.717) is 28.5 Å². The van der Waals surface area contributed by atoms with Crippen LogP contribution in [0.1, 0.15) is 22.9 Å². The Balaban J connectivity index is 1.58. The molecule has 8 heteroatoms. The van der Waals surface area contributed by atoms with Gasteiger partial charge in [0.25, 0.3) is 0 Å². The van der Waals surface area contributed by atoms with Crippen molar-refractivity contribution >= 4 is 39.5 Å². The van der Waals surface area contributed by atoms with Gasteiger partial charge in [-0.15, -0.1) is 0 Å². The lowest BCUT2D eigenvalue weighted by atomic mass is 10.0. The standard InChI is InChI=1S/C21H18ClN7/c22-15-6-13-8-16(17(23)12-4-2-1-3-5-12)28-18(13)14(7-15)9-29-11-27-19-20(24)25-10-26-21(19)29/h1-8,10-11,17,28H,9,23H2,(H2,24,25,26). The monoisotopic (exact) mass is 403 g/mol. The van der Waals surface area contributed by atoms with Crippen LogP contribution in [0.15, 0.2) is 61.2 Å². The van der Waals surface area contributed by atoms with Crippen molar-refractivity contribution in [3.05, 3.63) is 83.0 Å². The normalized spacial score (nSPS) is 12.6. The van der Waals surface area contributed by atoms with Crippen LogP contribution in [0, 0.1) is 0 Å². The van der Waals surface area contributed by atoms with Crippen molar-refractivity contribution in [1.82, 2.24) is 24.5 Å². The predicted molar refractivity (Wildman–Crippen MR) is 115 cm³/mol. The number of hydrogen-bond donors (Lipinski definition) is 3. The highest BCUT2D eigenvalue weighted by molar-refractivity contribution is 6.31. The predicted octanol–water partition coefficient (Wildman–Crippen LogP) is 3.64. The first kappa shape index (κ1) is 17.7. The minimum absolute atomic E-state index is 0.253. The van der Waals surface area contributed by atoms with Crippen molar-refractivity contribution in [1.29, 1.82) is 0 Å². The zero-order valence-corrected chi connectivity index (χ0v) is 16.1. The van der Waals surface area contributed by atoms with E-state index in [-0.39, 0.29) is 6.04 Å². The summed E-state index contributed by atoms with van der Waals surface area (Å²) in [7, 11) is 0. The number of nitrogen functional groups attached to an aromatic ring is 1. The van der Waals surface area contributed by atoms with Gasteiger partial charge in [-0.3, -0.25) is 0 Å². The fraction of sp³-hybridized carbons (Fsp3) is 0.0952. The molecule has 3 aromatic heterocycles. The summed E-state index contributed by atoms with van der Waals surface area (Å²) in [4.78, 5) is 16.1. The van der Waals surface area contributed by atoms with Crippen molar-refractivity contribution in [3.8, 4) is 0 Å². The van der Waals surface area contributed by atoms with Crippen LogP contribution in [-0.2, 0) is 6.54 Å². The number of nitrogens with zero attached hydrogens (tertiary/aromatic N) is 4. The maximum atomic E-state index is 6.49. The maximum Gasteiger partial charge on any atom is 0.165 e. The Morgan fingerprint density at radius 2 is 1.90 bits per heavy atom. The molecule has 5 aromatic rings. The highest BCUT2D eigenvalue weighted by Crippen LogP contribution is 2.29. The second-order valence-corrected chi connectivity index (χ2v) is 7.38. The minimum atomic E-state index is -0.253. The molecule has 0 aliphatic rings. The van der Waals surface area contributed by atoms with Gasteiger partial charge in [-0.1, -0.05) is 41.9 Å². The van der Waals surface area contributed by atoms with Crippen LogP contribution < -0.4 is 11.5 Å². The molecule has 29 heavy (non-hydrogen) atoms. The molecule has 1 unspecified atom stereocenters. The lowest BCUT2D eigenvalue weighted by Gasteiger charge is -2.10. The molecule has 5 N–H and O–H groups in total. The zero-order chi connectivity index (χ0) is 20.0. The Morgan fingerprint density at radius 3 is 2.72 bits per heavy atom. The Bertz CT molecular complexity index is 1320. The number of hydrogen-bond acceptors (Lipinski definition) is 5. The molecule has 7 nitrogen and oxygen atoms in total. The van der Waals surface area contributed by atoms with Crippen molar-refractivity contribution in [2.45, 2.75) is 12.6 Å². The van der Waals surface area contributed by atoms with Crippen molar-refractivity contribution < 1.29 is 0 Å². The number of H-pyrrole nitrogens is 1. The number of fused-ring (bicyclic) bond motifs is 2. The molecule has 3 heterocycles. The van der Waals surface area contributed by atoms with E-state index in [2.05, 4.69) is 26.0 Å². The number of benzene rings is 2. The molecule has 0 radical (unpaired) electrons. The van der Waals surface area contributed by atoms with Gasteiger partial charge in [-0.25, -0.2) is 15.0 Å². The van der Waals surface area contributed by atoms with Crippen LogP contribution in [0.4, 0.5) is 5.82 Å². The molecular weight excluding hydrogens is 386 g/mol. The van der Waals surface area contributed by atoms with Gasteiger partial charge >= 0.3 is 0 Å². The molecule has 144 valence electrons. The molecule has 0 aliphatic carbocycles. The highest BCUT2D eigenvalue weighted by Gasteiger charge is 2.15. The topological polar surface area (TPSA) is 111 Å². The van der Waals surface area contributed by atoms with Crippen LogP contribution in [0.5, 0.6) is 0 Å². The highest BCUT2D eigenvalue weighted by atomic mass is 35.5. The average Bonchev–Trinajstić information content (AvgIpc) is 3.33. The molecule has 0 bridgehead atoms. The van der Waals surface area contributed by atoms with Gasteiger partial charge < -0.3 is 21.0 Å². The number of halogens is 1. The fourth-order valence-corrected chi connectivity index (χ4v) is 3.88. The van der Waals surface area contributed by atoms with Crippen LogP contribution in [0.3, 0.4) is 0 Å². The summed E-state index contributed by atoms with van der Waals surface area (Å²) in [5, 5.41) is 1.66. The summed E-state index contributed by atoms with van der Waals surface area (Å²) < 4.78 is 1.93. The second-order valence-electron chi connectivity index (χ2n) is 6.95. The first-order valence-corrected chi connectivity index (χ1v) is 9.51. The van der Waals surface area contributed by atoms with Crippen LogP contribution >= 0.6 is 11.6 Å². The molecule has 0 saturated heterocycles. The van der Waals surface area contributed by atoms with Gasteiger partial charge in [0.2, 0.25) is 0 Å². The van der Waals surface area contributed by atoms with Crippen molar-refractivity contribution in [2.24, 2.45) is 5.73 Å². The van der Waals surface area contributed by atoms with E-state index in [1.807, 2.05) is 47.0 Å². The molecule has 2 aromatic carbocycles. The molecule has 0 aliphatic heterocycles. The third kappa shape index (κ3) is 3.10. The van der Waals surface area contributed by atoms with Gasteiger partial charge in [0.05, 0.1) is 24.4 Å². The van der Waals surface area contributed by atoms with Gasteiger partial charge in [0.15, 0.2) is 11.5 Å². The number of imidazole rings is 1. The second kappa shape index (κ2) is 6.88. The smallest absolute Gasteiger partial charge is 0.165 e. The zero-order valence-electron chi connectivity index (χ0n) is 15.4. The van der Waals surface area contributed by atoms with Crippen LogP contribution in [0.25, 0.3) is 22.1 Å². The summed E-state index contributed by atoms with van der Waals surface area (Å²) in [6.45, 7) is 0.532. The van der Waals surface area contributed by atoms with Crippen molar-refractivity contribution in [3.63, 3.8) is 0 Å². The van der Waals surface area contributed by atoms with Gasteiger partial charge in [0, 0.05) is 16.1 Å². The molecule has 1 atom stereocenters. The summed E-state index contributed by atoms with van der Waals surface area (Å²) in [5.41, 5.74) is 17.6. The molecule has 0 spiro atoms. The number of rotatable bonds is 4. The van der Waals surface area contributed by atoms with E-state index in [4.69, 9.17) is 23.1 Å². The summed E-state index contributed by atoms with van der Waals surface area (Å²) in [5.74, 6) is 0.362. The lowest BCUT2D eigenvalue weighted by Crippen LogP contribution is -2.11. The molecule has 0 amide bonds. The van der Waals surface area contributed by atoms with Gasteiger partial charge in [-0.2, -0.15) is 0 Å². The summed E-state index contributed by atoms with van der Waals surface area (Å²) in [6.07, 6.45) is 3.15. The minimum Gasteiger partial charge on any atom is -0.382 e. The van der Waals surface area contributed by atoms with E-state index < -0.39 is 0 Å². The largest absolute Gasteiger partial charge is 0.382 e.